The van der Waals surface area contributed by atoms with Crippen molar-refractivity contribution in [1.29, 1.82) is 0 Å². The Kier molecular flexibility index (Phi) is 14.1. The summed E-state index contributed by atoms with van der Waals surface area (Å²) in [6.07, 6.45) is 7.50. The van der Waals surface area contributed by atoms with Gasteiger partial charge in [0.05, 0.1) is 0 Å². The zero-order valence-electron chi connectivity index (χ0n) is 10.8. The smallest absolute Gasteiger partial charge is 0.321 e. The van der Waals surface area contributed by atoms with Crippen LogP contribution in [0.25, 0.3) is 0 Å². The van der Waals surface area contributed by atoms with Gasteiger partial charge in [0, 0.05) is 11.5 Å². The third kappa shape index (κ3) is 11.3. The summed E-state index contributed by atoms with van der Waals surface area (Å²) < 4.78 is 0. The van der Waals surface area contributed by atoms with Crippen LogP contribution in [-0.4, -0.2) is 28.6 Å². The van der Waals surface area contributed by atoms with Crippen LogP contribution in [0.3, 0.4) is 0 Å². The van der Waals surface area contributed by atoms with E-state index in [2.05, 4.69) is 6.58 Å². The molecule has 98 valence electrons. The molecule has 0 heterocycles. The zero-order chi connectivity index (χ0) is 13.7. The van der Waals surface area contributed by atoms with Crippen molar-refractivity contribution in [3.8, 4) is 0 Å². The molecule has 0 saturated heterocycles. The minimum atomic E-state index is -0.953. The molecule has 0 aromatic heterocycles. The van der Waals surface area contributed by atoms with Crippen molar-refractivity contribution in [3.63, 3.8) is 0 Å². The Morgan fingerprint density at radius 1 is 1.53 bits per heavy atom. The van der Waals surface area contributed by atoms with E-state index in [1.165, 1.54) is 11.8 Å². The molecule has 0 amide bonds. The number of rotatable bonds is 7. The number of carboxylic acid groups (broad SMARTS) is 1. The lowest BCUT2D eigenvalue weighted by molar-refractivity contribution is -0.137. The van der Waals surface area contributed by atoms with Gasteiger partial charge in [-0.25, -0.2) is 0 Å². The number of aliphatic carboxylic acids is 1. The fourth-order valence-electron chi connectivity index (χ4n) is 0.794. The highest BCUT2D eigenvalue weighted by Crippen LogP contribution is 2.10. The largest absolute Gasteiger partial charge is 0.480 e. The SMILES string of the molecule is C=C/C=C\C(=C/C)CSCC(N)C(=O)O.CC. The number of carboxylic acids is 1. The minimum absolute atomic E-state index is 0.425. The Balaban J connectivity index is 0. The van der Waals surface area contributed by atoms with Gasteiger partial charge in [-0.2, -0.15) is 11.8 Å². The van der Waals surface area contributed by atoms with Crippen molar-refractivity contribution in [1.82, 2.24) is 0 Å². The number of allylic oxidation sites excluding steroid dienone is 4. The van der Waals surface area contributed by atoms with Gasteiger partial charge in [0.15, 0.2) is 0 Å². The molecule has 17 heavy (non-hydrogen) atoms. The summed E-state index contributed by atoms with van der Waals surface area (Å²) in [6.45, 7) is 9.52. The van der Waals surface area contributed by atoms with Crippen molar-refractivity contribution in [2.45, 2.75) is 26.8 Å². The zero-order valence-corrected chi connectivity index (χ0v) is 11.7. The van der Waals surface area contributed by atoms with Gasteiger partial charge in [-0.15, -0.1) is 0 Å². The number of hydrogen-bond acceptors (Lipinski definition) is 3. The van der Waals surface area contributed by atoms with E-state index in [4.69, 9.17) is 10.8 Å². The Bertz CT molecular complexity index is 273. The summed E-state index contributed by atoms with van der Waals surface area (Å²) in [7, 11) is 0. The third-order valence-electron chi connectivity index (χ3n) is 1.70. The first kappa shape index (κ1) is 18.4. The maximum absolute atomic E-state index is 10.4. The minimum Gasteiger partial charge on any atom is -0.480 e. The lowest BCUT2D eigenvalue weighted by Gasteiger charge is -2.06. The second kappa shape index (κ2) is 13.1. The maximum Gasteiger partial charge on any atom is 0.321 e. The summed E-state index contributed by atoms with van der Waals surface area (Å²) in [4.78, 5) is 10.4. The Morgan fingerprint density at radius 2 is 2.12 bits per heavy atom. The van der Waals surface area contributed by atoms with Crippen molar-refractivity contribution >= 4 is 17.7 Å². The van der Waals surface area contributed by atoms with Gasteiger partial charge in [0.2, 0.25) is 0 Å². The fraction of sp³-hybridized carbons (Fsp3) is 0.462. The van der Waals surface area contributed by atoms with E-state index in [1.54, 1.807) is 6.08 Å². The maximum atomic E-state index is 10.4. The number of carbonyl (C=O) groups is 1. The Labute approximate surface area is 108 Å². The van der Waals surface area contributed by atoms with E-state index in [1.807, 2.05) is 39.0 Å². The average Bonchev–Trinajstić information content (AvgIpc) is 2.35. The molecule has 0 radical (unpaired) electrons. The molecule has 0 aromatic rings. The van der Waals surface area contributed by atoms with Crippen LogP contribution in [0.15, 0.2) is 36.5 Å². The highest BCUT2D eigenvalue weighted by atomic mass is 32.2. The summed E-state index contributed by atoms with van der Waals surface area (Å²) in [5, 5.41) is 8.57. The van der Waals surface area contributed by atoms with Crippen LogP contribution < -0.4 is 5.73 Å². The van der Waals surface area contributed by atoms with Crippen molar-refractivity contribution < 1.29 is 9.90 Å². The molecule has 0 aliphatic rings. The van der Waals surface area contributed by atoms with Crippen LogP contribution in [-0.2, 0) is 4.79 Å². The topological polar surface area (TPSA) is 63.3 Å². The monoisotopic (exact) mass is 257 g/mol. The Hall–Kier alpha value is -1.00. The molecule has 0 bridgehead atoms. The van der Waals surface area contributed by atoms with E-state index in [0.717, 1.165) is 11.3 Å². The standard InChI is InChI=1S/C11H17NO2S.C2H6/c1-3-5-6-9(4-2)7-15-8-10(12)11(13)14;1-2/h3-6,10H,1,7-8,12H2,2H3,(H,13,14);1-2H3/b6-5-,9-4+;. The second-order valence-corrected chi connectivity index (χ2v) is 3.95. The molecule has 0 aromatic carbocycles. The third-order valence-corrected chi connectivity index (χ3v) is 2.83. The molecule has 0 aliphatic heterocycles. The van der Waals surface area contributed by atoms with Gasteiger partial charge in [-0.05, 0) is 12.5 Å². The summed E-state index contributed by atoms with van der Waals surface area (Å²) in [6, 6.07) is -0.781. The molecule has 0 rings (SSSR count). The van der Waals surface area contributed by atoms with Gasteiger partial charge in [0.25, 0.3) is 0 Å². The fourth-order valence-corrected chi connectivity index (χ4v) is 1.81. The molecular weight excluding hydrogens is 234 g/mol. The quantitative estimate of drug-likeness (QED) is 0.688. The van der Waals surface area contributed by atoms with Gasteiger partial charge >= 0.3 is 5.97 Å². The summed E-state index contributed by atoms with van der Waals surface area (Å²) in [5.41, 5.74) is 6.51. The molecule has 0 saturated carbocycles. The first-order chi connectivity index (χ1) is 8.11. The summed E-state index contributed by atoms with van der Waals surface area (Å²) in [5.74, 6) is 0.238. The van der Waals surface area contributed by atoms with Gasteiger partial charge in [-0.3, -0.25) is 4.79 Å². The van der Waals surface area contributed by atoms with Crippen molar-refractivity contribution in [2.24, 2.45) is 5.73 Å². The lowest BCUT2D eigenvalue weighted by Crippen LogP contribution is -2.32. The molecule has 1 unspecified atom stereocenters. The van der Waals surface area contributed by atoms with E-state index < -0.39 is 12.0 Å². The molecule has 4 heteroatoms. The highest BCUT2D eigenvalue weighted by Gasteiger charge is 2.10. The van der Waals surface area contributed by atoms with Crippen molar-refractivity contribution in [3.05, 3.63) is 36.5 Å². The molecule has 3 nitrogen and oxygen atoms in total. The second-order valence-electron chi connectivity index (χ2n) is 2.92. The first-order valence-electron chi connectivity index (χ1n) is 5.62. The van der Waals surface area contributed by atoms with E-state index >= 15 is 0 Å². The van der Waals surface area contributed by atoms with E-state index in [9.17, 15) is 4.79 Å². The molecule has 0 fully saturated rings. The highest BCUT2D eigenvalue weighted by molar-refractivity contribution is 7.99. The normalized spacial score (nSPS) is 12.8. The van der Waals surface area contributed by atoms with Crippen LogP contribution in [0.2, 0.25) is 0 Å². The predicted octanol–water partition coefficient (Wildman–Crippen LogP) is 2.85. The van der Waals surface area contributed by atoms with Crippen LogP contribution >= 0.6 is 11.8 Å². The molecular formula is C13H23NO2S. The molecule has 0 aliphatic carbocycles. The predicted molar refractivity (Wildman–Crippen MR) is 77.4 cm³/mol. The Morgan fingerprint density at radius 3 is 2.53 bits per heavy atom. The first-order valence-corrected chi connectivity index (χ1v) is 6.77. The van der Waals surface area contributed by atoms with Gasteiger partial charge < -0.3 is 10.8 Å². The average molecular weight is 257 g/mol. The summed E-state index contributed by atoms with van der Waals surface area (Å²) >= 11 is 1.51. The van der Waals surface area contributed by atoms with E-state index in [0.29, 0.717) is 5.75 Å². The lowest BCUT2D eigenvalue weighted by atomic mass is 10.2. The number of thioether (sulfide) groups is 1. The van der Waals surface area contributed by atoms with Crippen LogP contribution in [0, 0.1) is 0 Å². The van der Waals surface area contributed by atoms with Gasteiger partial charge in [-0.1, -0.05) is 44.7 Å². The van der Waals surface area contributed by atoms with Crippen molar-refractivity contribution in [2.75, 3.05) is 11.5 Å². The number of hydrogen-bond donors (Lipinski definition) is 2. The van der Waals surface area contributed by atoms with E-state index in [-0.39, 0.29) is 0 Å². The van der Waals surface area contributed by atoms with Crippen LogP contribution in [0.1, 0.15) is 20.8 Å². The van der Waals surface area contributed by atoms with Crippen LogP contribution in [0.5, 0.6) is 0 Å². The molecule has 1 atom stereocenters. The van der Waals surface area contributed by atoms with Crippen LogP contribution in [0.4, 0.5) is 0 Å². The molecule has 3 N–H and O–H groups in total. The molecule has 0 spiro atoms. The van der Waals surface area contributed by atoms with Gasteiger partial charge in [0.1, 0.15) is 6.04 Å². The number of nitrogens with two attached hydrogens (primary N) is 1.